The van der Waals surface area contributed by atoms with E-state index in [-0.39, 0.29) is 0 Å². The lowest BCUT2D eigenvalue weighted by Crippen LogP contribution is -1.92. The maximum atomic E-state index is 2.46. The van der Waals surface area contributed by atoms with Crippen molar-refractivity contribution in [1.82, 2.24) is 0 Å². The average Bonchev–Trinajstić information content (AvgIpc) is 2.83. The molecular formula is C10H10I2. The lowest BCUT2D eigenvalue weighted by atomic mass is 10.1. The van der Waals surface area contributed by atoms with Gasteiger partial charge in [0.2, 0.25) is 0 Å². The first-order valence-electron chi connectivity index (χ1n) is 4.20. The molecule has 2 rings (SSSR count). The number of hydrogen-bond acceptors (Lipinski definition) is 0. The zero-order chi connectivity index (χ0) is 8.55. The van der Waals surface area contributed by atoms with Gasteiger partial charge in [-0.3, -0.25) is 0 Å². The van der Waals surface area contributed by atoms with Crippen LogP contribution in [0.4, 0.5) is 0 Å². The molecule has 1 aromatic rings. The van der Waals surface area contributed by atoms with Crippen LogP contribution in [0, 0.1) is 13.1 Å². The molecule has 0 nitrogen and oxygen atoms in total. The van der Waals surface area contributed by atoms with Crippen LogP contribution in [0.25, 0.3) is 0 Å². The van der Waals surface area contributed by atoms with Crippen molar-refractivity contribution in [1.29, 1.82) is 0 Å². The highest BCUT2D eigenvalue weighted by atomic mass is 127. The summed E-state index contributed by atoms with van der Waals surface area (Å²) >= 11 is 4.87. The summed E-state index contributed by atoms with van der Waals surface area (Å²) in [6, 6.07) is 6.61. The van der Waals surface area contributed by atoms with Crippen molar-refractivity contribution in [2.75, 3.05) is 0 Å². The second-order valence-corrected chi connectivity index (χ2v) is 5.60. The third-order valence-corrected chi connectivity index (χ3v) is 5.44. The molecule has 1 aliphatic rings. The maximum Gasteiger partial charge on any atom is 0.0296 e. The summed E-state index contributed by atoms with van der Waals surface area (Å²) in [5, 5.41) is 0. The highest BCUT2D eigenvalue weighted by Crippen LogP contribution is 2.34. The Morgan fingerprint density at radius 3 is 2.67 bits per heavy atom. The standard InChI is InChI=1S/C10H10I2/c11-9-3-1-2-8(10(9)12)6-7-4-5-7/h1-3,7H,4-6H2. The van der Waals surface area contributed by atoms with E-state index in [1.54, 1.807) is 5.56 Å². The molecule has 0 aliphatic heterocycles. The van der Waals surface area contributed by atoms with E-state index in [0.717, 1.165) is 5.92 Å². The van der Waals surface area contributed by atoms with Gasteiger partial charge in [0.25, 0.3) is 0 Å². The Balaban J connectivity index is 2.23. The lowest BCUT2D eigenvalue weighted by Gasteiger charge is -2.04. The Morgan fingerprint density at radius 1 is 1.25 bits per heavy atom. The van der Waals surface area contributed by atoms with Gasteiger partial charge in [0.05, 0.1) is 0 Å². The Kier molecular flexibility index (Phi) is 2.94. The molecule has 1 fully saturated rings. The molecular weight excluding hydrogens is 374 g/mol. The van der Waals surface area contributed by atoms with Crippen molar-refractivity contribution in [3.8, 4) is 0 Å². The topological polar surface area (TPSA) is 0 Å². The van der Waals surface area contributed by atoms with Crippen LogP contribution in [0.3, 0.4) is 0 Å². The van der Waals surface area contributed by atoms with Crippen molar-refractivity contribution < 1.29 is 0 Å². The van der Waals surface area contributed by atoms with Crippen LogP contribution in [-0.4, -0.2) is 0 Å². The SMILES string of the molecule is Ic1cccc(CC2CC2)c1I. The highest BCUT2D eigenvalue weighted by Gasteiger charge is 2.22. The average molecular weight is 384 g/mol. The molecule has 0 N–H and O–H groups in total. The Morgan fingerprint density at radius 2 is 2.00 bits per heavy atom. The summed E-state index contributed by atoms with van der Waals surface area (Å²) in [4.78, 5) is 0. The zero-order valence-corrected chi connectivity index (χ0v) is 11.0. The third kappa shape index (κ3) is 2.13. The number of hydrogen-bond donors (Lipinski definition) is 0. The minimum absolute atomic E-state index is 0.997. The quantitative estimate of drug-likeness (QED) is 0.680. The fourth-order valence-corrected chi connectivity index (χ4v) is 2.47. The Labute approximate surface area is 100 Å². The smallest absolute Gasteiger partial charge is 0.0296 e. The Hall–Kier alpha value is 0.680. The fraction of sp³-hybridized carbons (Fsp3) is 0.400. The summed E-state index contributed by atoms with van der Waals surface area (Å²) in [6.45, 7) is 0. The van der Waals surface area contributed by atoms with Crippen molar-refractivity contribution in [2.45, 2.75) is 19.3 Å². The number of rotatable bonds is 2. The predicted octanol–water partition coefficient (Wildman–Crippen LogP) is 3.85. The van der Waals surface area contributed by atoms with Crippen LogP contribution in [0.15, 0.2) is 18.2 Å². The van der Waals surface area contributed by atoms with Gasteiger partial charge in [0.1, 0.15) is 0 Å². The molecule has 0 heterocycles. The summed E-state index contributed by atoms with van der Waals surface area (Å²) in [5.41, 5.74) is 1.55. The van der Waals surface area contributed by atoms with Crippen LogP contribution < -0.4 is 0 Å². The molecule has 0 unspecified atom stereocenters. The molecule has 0 aromatic heterocycles. The van der Waals surface area contributed by atoms with E-state index in [1.807, 2.05) is 0 Å². The van der Waals surface area contributed by atoms with Gasteiger partial charge in [-0.25, -0.2) is 0 Å². The molecule has 0 radical (unpaired) electrons. The van der Waals surface area contributed by atoms with E-state index in [4.69, 9.17) is 0 Å². The van der Waals surface area contributed by atoms with E-state index in [0.29, 0.717) is 0 Å². The van der Waals surface area contributed by atoms with Crippen molar-refractivity contribution in [3.05, 3.63) is 30.9 Å². The predicted molar refractivity (Wildman–Crippen MR) is 68.3 cm³/mol. The lowest BCUT2D eigenvalue weighted by molar-refractivity contribution is 0.827. The van der Waals surface area contributed by atoms with Crippen LogP contribution in [0.2, 0.25) is 0 Å². The molecule has 1 aromatic carbocycles. The van der Waals surface area contributed by atoms with E-state index in [9.17, 15) is 0 Å². The molecule has 2 heteroatoms. The van der Waals surface area contributed by atoms with Gasteiger partial charge < -0.3 is 0 Å². The van der Waals surface area contributed by atoms with Gasteiger partial charge in [0, 0.05) is 7.14 Å². The van der Waals surface area contributed by atoms with Gasteiger partial charge in [-0.05, 0) is 82.0 Å². The van der Waals surface area contributed by atoms with Gasteiger partial charge in [-0.1, -0.05) is 12.1 Å². The second-order valence-electron chi connectivity index (χ2n) is 3.36. The normalized spacial score (nSPS) is 16.5. The first-order chi connectivity index (χ1) is 5.77. The molecule has 0 amide bonds. The first kappa shape index (κ1) is 9.24. The zero-order valence-electron chi connectivity index (χ0n) is 6.69. The van der Waals surface area contributed by atoms with Crippen LogP contribution >= 0.6 is 45.2 Å². The monoisotopic (exact) mass is 384 g/mol. The van der Waals surface area contributed by atoms with Crippen molar-refractivity contribution >= 4 is 45.2 Å². The number of halogens is 2. The van der Waals surface area contributed by atoms with Crippen molar-refractivity contribution in [3.63, 3.8) is 0 Å². The minimum Gasteiger partial charge on any atom is -0.0609 e. The van der Waals surface area contributed by atoms with Gasteiger partial charge in [-0.15, -0.1) is 0 Å². The van der Waals surface area contributed by atoms with Crippen LogP contribution in [0.1, 0.15) is 18.4 Å². The molecule has 0 spiro atoms. The molecule has 0 saturated heterocycles. The molecule has 1 aliphatic carbocycles. The van der Waals surface area contributed by atoms with E-state index < -0.39 is 0 Å². The highest BCUT2D eigenvalue weighted by molar-refractivity contribution is 14.1. The van der Waals surface area contributed by atoms with Gasteiger partial charge in [0.15, 0.2) is 0 Å². The summed E-state index contributed by atoms with van der Waals surface area (Å²) in [6.07, 6.45) is 4.19. The summed E-state index contributed by atoms with van der Waals surface area (Å²) < 4.78 is 2.86. The first-order valence-corrected chi connectivity index (χ1v) is 6.36. The molecule has 0 bridgehead atoms. The van der Waals surface area contributed by atoms with E-state index in [1.165, 1.54) is 26.4 Å². The largest absolute Gasteiger partial charge is 0.0609 e. The molecule has 64 valence electrons. The van der Waals surface area contributed by atoms with Gasteiger partial charge in [-0.2, -0.15) is 0 Å². The third-order valence-electron chi connectivity index (χ3n) is 2.24. The molecule has 0 atom stereocenters. The number of benzene rings is 1. The maximum absolute atomic E-state index is 2.46. The molecule has 12 heavy (non-hydrogen) atoms. The van der Waals surface area contributed by atoms with E-state index >= 15 is 0 Å². The van der Waals surface area contributed by atoms with Crippen LogP contribution in [0.5, 0.6) is 0 Å². The van der Waals surface area contributed by atoms with Gasteiger partial charge >= 0.3 is 0 Å². The fourth-order valence-electron chi connectivity index (χ4n) is 1.34. The van der Waals surface area contributed by atoms with E-state index in [2.05, 4.69) is 63.4 Å². The minimum atomic E-state index is 0.997. The summed E-state index contributed by atoms with van der Waals surface area (Å²) in [5.74, 6) is 0.997. The second kappa shape index (κ2) is 3.82. The Bertz CT molecular complexity index is 290. The molecule has 1 saturated carbocycles. The summed E-state index contributed by atoms with van der Waals surface area (Å²) in [7, 11) is 0. The van der Waals surface area contributed by atoms with Crippen LogP contribution in [-0.2, 0) is 6.42 Å². The van der Waals surface area contributed by atoms with Crippen molar-refractivity contribution in [2.24, 2.45) is 5.92 Å².